The van der Waals surface area contributed by atoms with Crippen molar-refractivity contribution in [1.82, 2.24) is 4.98 Å². The molecule has 84 valence electrons. The van der Waals surface area contributed by atoms with Crippen molar-refractivity contribution >= 4 is 16.9 Å². The van der Waals surface area contributed by atoms with Crippen LogP contribution in [0.5, 0.6) is 0 Å². The number of nitrogens with one attached hydrogen (secondary N) is 1. The molecule has 5 N–H and O–H groups in total. The molecule has 0 spiro atoms. The fourth-order valence-corrected chi connectivity index (χ4v) is 1.71. The normalized spacial score (nSPS) is 12.6. The van der Waals surface area contributed by atoms with Crippen molar-refractivity contribution in [2.45, 2.75) is 12.5 Å². The lowest BCUT2D eigenvalue weighted by atomic mass is 10.1. The highest BCUT2D eigenvalue weighted by atomic mass is 16.7. The van der Waals surface area contributed by atoms with E-state index in [0.717, 1.165) is 16.5 Å². The number of carbonyl (C=O) groups excluding carboxylic acids is 1. The van der Waals surface area contributed by atoms with Gasteiger partial charge in [-0.25, -0.2) is 4.79 Å². The standard InChI is InChI=1S/C11H13N3O2/c12-9(11(15)16-13)5-7-6-14-10-4-2-1-3-8(7)10/h1-4,6,9,14H,5,12-13H2. The molecule has 0 bridgehead atoms. The third-order valence-corrected chi connectivity index (χ3v) is 2.53. The Kier molecular flexibility index (Phi) is 2.89. The second-order valence-electron chi connectivity index (χ2n) is 3.61. The van der Waals surface area contributed by atoms with Gasteiger partial charge in [0.15, 0.2) is 0 Å². The van der Waals surface area contributed by atoms with Crippen LogP contribution in [0.25, 0.3) is 10.9 Å². The molecule has 16 heavy (non-hydrogen) atoms. The highest BCUT2D eigenvalue weighted by molar-refractivity contribution is 5.84. The van der Waals surface area contributed by atoms with Crippen LogP contribution in [0.4, 0.5) is 0 Å². The number of hydrogen-bond acceptors (Lipinski definition) is 4. The summed E-state index contributed by atoms with van der Waals surface area (Å²) in [5, 5.41) is 1.06. The maximum absolute atomic E-state index is 11.1. The van der Waals surface area contributed by atoms with Gasteiger partial charge >= 0.3 is 5.97 Å². The van der Waals surface area contributed by atoms with Gasteiger partial charge in [-0.1, -0.05) is 18.2 Å². The van der Waals surface area contributed by atoms with E-state index in [0.29, 0.717) is 6.42 Å². The minimum Gasteiger partial charge on any atom is -0.372 e. The first-order valence-electron chi connectivity index (χ1n) is 4.93. The van der Waals surface area contributed by atoms with Gasteiger partial charge in [0.2, 0.25) is 0 Å². The van der Waals surface area contributed by atoms with Gasteiger partial charge < -0.3 is 15.6 Å². The minimum absolute atomic E-state index is 0.403. The lowest BCUT2D eigenvalue weighted by molar-refractivity contribution is -0.145. The van der Waals surface area contributed by atoms with Crippen LogP contribution in [0, 0.1) is 0 Å². The van der Waals surface area contributed by atoms with Crippen molar-refractivity contribution in [2.75, 3.05) is 0 Å². The molecule has 0 radical (unpaired) electrons. The smallest absolute Gasteiger partial charge is 0.341 e. The molecule has 2 rings (SSSR count). The molecule has 0 aliphatic heterocycles. The van der Waals surface area contributed by atoms with Gasteiger partial charge in [0.1, 0.15) is 6.04 Å². The maximum Gasteiger partial charge on any atom is 0.341 e. The van der Waals surface area contributed by atoms with Crippen molar-refractivity contribution < 1.29 is 9.63 Å². The Hall–Kier alpha value is -1.85. The first-order valence-corrected chi connectivity index (χ1v) is 4.93. The van der Waals surface area contributed by atoms with Crippen LogP contribution in [-0.2, 0) is 16.1 Å². The predicted molar refractivity (Wildman–Crippen MR) is 60.3 cm³/mol. The van der Waals surface area contributed by atoms with Crippen molar-refractivity contribution in [2.24, 2.45) is 11.6 Å². The van der Waals surface area contributed by atoms with Crippen LogP contribution < -0.4 is 11.6 Å². The first-order chi connectivity index (χ1) is 7.72. The van der Waals surface area contributed by atoms with Crippen LogP contribution in [-0.4, -0.2) is 17.0 Å². The monoisotopic (exact) mass is 219 g/mol. The SMILES string of the molecule is NOC(=O)C(N)Cc1c[nH]c2ccccc12. The molecule has 0 saturated heterocycles. The van der Waals surface area contributed by atoms with Crippen LogP contribution in [0.2, 0.25) is 0 Å². The van der Waals surface area contributed by atoms with Gasteiger partial charge in [0, 0.05) is 23.5 Å². The Balaban J connectivity index is 2.24. The summed E-state index contributed by atoms with van der Waals surface area (Å²) in [6, 6.07) is 7.08. The zero-order valence-corrected chi connectivity index (χ0v) is 8.64. The highest BCUT2D eigenvalue weighted by Crippen LogP contribution is 2.18. The molecule has 2 aromatic rings. The van der Waals surface area contributed by atoms with Gasteiger partial charge in [-0.15, -0.1) is 0 Å². The Labute approximate surface area is 92.3 Å². The van der Waals surface area contributed by atoms with Gasteiger partial charge in [-0.2, -0.15) is 5.90 Å². The van der Waals surface area contributed by atoms with E-state index in [1.807, 2.05) is 30.5 Å². The largest absolute Gasteiger partial charge is 0.372 e. The summed E-state index contributed by atoms with van der Waals surface area (Å²) < 4.78 is 0. The molecule has 0 fully saturated rings. The third-order valence-electron chi connectivity index (χ3n) is 2.53. The fraction of sp³-hybridized carbons (Fsp3) is 0.182. The molecule has 1 aromatic carbocycles. The fourth-order valence-electron chi connectivity index (χ4n) is 1.71. The van der Waals surface area contributed by atoms with Gasteiger partial charge in [0.25, 0.3) is 0 Å². The molecule has 1 aromatic heterocycles. The third kappa shape index (κ3) is 1.91. The number of H-pyrrole nitrogens is 1. The Morgan fingerprint density at radius 1 is 1.44 bits per heavy atom. The van der Waals surface area contributed by atoms with E-state index in [1.165, 1.54) is 0 Å². The number of aromatic amines is 1. The molecule has 0 aliphatic rings. The predicted octanol–water partition coefficient (Wildman–Crippen LogP) is 0.455. The highest BCUT2D eigenvalue weighted by Gasteiger charge is 2.16. The Morgan fingerprint density at radius 3 is 2.94 bits per heavy atom. The number of carbonyl (C=O) groups is 1. The van der Waals surface area contributed by atoms with Crippen LogP contribution >= 0.6 is 0 Å². The summed E-state index contributed by atoms with van der Waals surface area (Å²) in [7, 11) is 0. The van der Waals surface area contributed by atoms with Crippen LogP contribution in [0.1, 0.15) is 5.56 Å². The quantitative estimate of drug-likeness (QED) is 0.653. The molecule has 5 nitrogen and oxygen atoms in total. The maximum atomic E-state index is 11.1. The van der Waals surface area contributed by atoms with E-state index in [-0.39, 0.29) is 0 Å². The van der Waals surface area contributed by atoms with E-state index >= 15 is 0 Å². The number of fused-ring (bicyclic) bond motifs is 1. The van der Waals surface area contributed by atoms with Crippen LogP contribution in [0.15, 0.2) is 30.5 Å². The number of aromatic nitrogens is 1. The molecular weight excluding hydrogens is 206 g/mol. The molecule has 0 aliphatic carbocycles. The van der Waals surface area contributed by atoms with E-state index in [2.05, 4.69) is 9.82 Å². The molecule has 0 amide bonds. The van der Waals surface area contributed by atoms with Crippen molar-refractivity contribution in [3.63, 3.8) is 0 Å². The number of hydrogen-bond donors (Lipinski definition) is 3. The number of rotatable bonds is 3. The molecule has 5 heteroatoms. The first kappa shape index (κ1) is 10.7. The zero-order valence-electron chi connectivity index (χ0n) is 8.64. The number of nitrogens with two attached hydrogens (primary N) is 2. The summed E-state index contributed by atoms with van der Waals surface area (Å²) in [5.74, 6) is 4.17. The summed E-state index contributed by atoms with van der Waals surface area (Å²) in [5.41, 5.74) is 7.64. The molecular formula is C11H13N3O2. The summed E-state index contributed by atoms with van der Waals surface area (Å²) in [4.78, 5) is 18.3. The lowest BCUT2D eigenvalue weighted by Gasteiger charge is -2.07. The van der Waals surface area contributed by atoms with Crippen molar-refractivity contribution in [1.29, 1.82) is 0 Å². The van der Waals surface area contributed by atoms with E-state index in [4.69, 9.17) is 11.6 Å². The number of benzene rings is 1. The number of para-hydroxylation sites is 1. The second-order valence-corrected chi connectivity index (χ2v) is 3.61. The molecule has 1 unspecified atom stereocenters. The molecule has 1 heterocycles. The Bertz CT molecular complexity index is 507. The van der Waals surface area contributed by atoms with E-state index < -0.39 is 12.0 Å². The Morgan fingerprint density at radius 2 is 2.19 bits per heavy atom. The molecule has 1 atom stereocenters. The van der Waals surface area contributed by atoms with Gasteiger partial charge in [0.05, 0.1) is 0 Å². The van der Waals surface area contributed by atoms with Crippen molar-refractivity contribution in [3.05, 3.63) is 36.0 Å². The average molecular weight is 219 g/mol. The summed E-state index contributed by atoms with van der Waals surface area (Å²) in [6.45, 7) is 0. The van der Waals surface area contributed by atoms with Crippen LogP contribution in [0.3, 0.4) is 0 Å². The summed E-state index contributed by atoms with van der Waals surface area (Å²) in [6.07, 6.45) is 2.24. The van der Waals surface area contributed by atoms with Gasteiger partial charge in [-0.3, -0.25) is 0 Å². The topological polar surface area (TPSA) is 94.1 Å². The second kappa shape index (κ2) is 4.34. The zero-order chi connectivity index (χ0) is 11.5. The summed E-state index contributed by atoms with van der Waals surface area (Å²) >= 11 is 0. The van der Waals surface area contributed by atoms with Gasteiger partial charge in [-0.05, 0) is 11.6 Å². The lowest BCUT2D eigenvalue weighted by Crippen LogP contribution is -2.35. The minimum atomic E-state index is -0.732. The molecule has 0 saturated carbocycles. The van der Waals surface area contributed by atoms with Crippen molar-refractivity contribution in [3.8, 4) is 0 Å². The van der Waals surface area contributed by atoms with E-state index in [9.17, 15) is 4.79 Å². The van der Waals surface area contributed by atoms with E-state index in [1.54, 1.807) is 0 Å². The average Bonchev–Trinajstić information content (AvgIpc) is 2.72.